The van der Waals surface area contributed by atoms with Crippen molar-refractivity contribution < 1.29 is 13.6 Å². The topological polar surface area (TPSA) is 46.1 Å². The van der Waals surface area contributed by atoms with Crippen LogP contribution in [0.4, 0.5) is 8.78 Å². The summed E-state index contributed by atoms with van der Waals surface area (Å²) in [4.78, 5) is 14.2. The number of aromatic nitrogens is 2. The van der Waals surface area contributed by atoms with Crippen LogP contribution in [0.15, 0.2) is 18.2 Å². The van der Waals surface area contributed by atoms with Crippen LogP contribution in [0.1, 0.15) is 64.8 Å². The van der Waals surface area contributed by atoms with Gasteiger partial charge in [0.2, 0.25) is 0 Å². The van der Waals surface area contributed by atoms with Crippen molar-refractivity contribution in [2.75, 3.05) is 13.1 Å². The monoisotopic (exact) mass is 391 g/mol. The molecule has 0 spiro atoms. The Bertz CT molecular complexity index is 811. The molecule has 0 bridgehead atoms. The van der Waals surface area contributed by atoms with Gasteiger partial charge < -0.3 is 4.90 Å². The van der Waals surface area contributed by atoms with Crippen molar-refractivity contribution in [3.8, 4) is 0 Å². The summed E-state index contributed by atoms with van der Waals surface area (Å²) >= 11 is 1.71. The van der Waals surface area contributed by atoms with Crippen LogP contribution in [0.2, 0.25) is 0 Å². The summed E-state index contributed by atoms with van der Waals surface area (Å²) in [5.74, 6) is -0.779. The number of nitrogens with zero attached hydrogens (tertiary/aromatic N) is 3. The average Bonchev–Trinajstić information content (AvgIpc) is 3.34. The van der Waals surface area contributed by atoms with E-state index < -0.39 is 11.6 Å². The summed E-state index contributed by atoms with van der Waals surface area (Å²) in [6, 6.07) is 3.10. The summed E-state index contributed by atoms with van der Waals surface area (Å²) < 4.78 is 26.9. The predicted molar refractivity (Wildman–Crippen MR) is 99.8 cm³/mol. The van der Waals surface area contributed by atoms with Gasteiger partial charge in [-0.25, -0.2) is 8.78 Å². The zero-order chi connectivity index (χ0) is 18.8. The molecule has 1 aromatic heterocycles. The SMILES string of the molecule is O=C(c1ccc(F)cc1F)N1CCC(c2nnc(CC3CCCC3)s2)CC1. The molecule has 0 radical (unpaired) electrons. The first-order valence-electron chi connectivity index (χ1n) is 9.67. The van der Waals surface area contributed by atoms with Gasteiger partial charge in [-0.1, -0.05) is 25.7 Å². The molecule has 1 saturated carbocycles. The van der Waals surface area contributed by atoms with Crippen LogP contribution >= 0.6 is 11.3 Å². The molecule has 0 N–H and O–H groups in total. The third kappa shape index (κ3) is 4.18. The van der Waals surface area contributed by atoms with E-state index in [0.29, 0.717) is 19.0 Å². The number of carbonyl (C=O) groups excluding carboxylic acids is 1. The van der Waals surface area contributed by atoms with Crippen LogP contribution in [0, 0.1) is 17.6 Å². The molecule has 1 aliphatic heterocycles. The fourth-order valence-corrected chi connectivity index (χ4v) is 5.26. The first-order chi connectivity index (χ1) is 13.1. The number of amides is 1. The highest BCUT2D eigenvalue weighted by atomic mass is 32.1. The van der Waals surface area contributed by atoms with Gasteiger partial charge in [0.05, 0.1) is 5.56 Å². The van der Waals surface area contributed by atoms with Crippen molar-refractivity contribution in [2.24, 2.45) is 5.92 Å². The predicted octanol–water partition coefficient (Wildman–Crippen LogP) is 4.57. The second kappa shape index (κ2) is 8.00. The highest BCUT2D eigenvalue weighted by molar-refractivity contribution is 7.11. The first kappa shape index (κ1) is 18.5. The average molecular weight is 391 g/mol. The number of carbonyl (C=O) groups is 1. The molecule has 1 aromatic carbocycles. The lowest BCUT2D eigenvalue weighted by Gasteiger charge is -2.31. The Balaban J connectivity index is 1.34. The van der Waals surface area contributed by atoms with E-state index in [4.69, 9.17) is 0 Å². The van der Waals surface area contributed by atoms with Crippen molar-refractivity contribution in [2.45, 2.75) is 50.9 Å². The second-order valence-corrected chi connectivity index (χ2v) is 8.67. The molecule has 2 aromatic rings. The third-order valence-electron chi connectivity index (χ3n) is 5.71. The fraction of sp³-hybridized carbons (Fsp3) is 0.550. The molecular formula is C20H23F2N3OS. The summed E-state index contributed by atoms with van der Waals surface area (Å²) in [6.45, 7) is 1.11. The van der Waals surface area contributed by atoms with Gasteiger partial charge in [0.25, 0.3) is 5.91 Å². The molecule has 1 amide bonds. The fourth-order valence-electron chi connectivity index (χ4n) is 4.14. The van der Waals surface area contributed by atoms with Crippen LogP contribution < -0.4 is 0 Å². The standard InChI is InChI=1S/C20H23F2N3OS/c21-15-5-6-16(17(22)12-15)20(26)25-9-7-14(8-10-25)19-24-23-18(27-19)11-13-3-1-2-4-13/h5-6,12-14H,1-4,7-11H2. The highest BCUT2D eigenvalue weighted by Crippen LogP contribution is 2.33. The zero-order valence-electron chi connectivity index (χ0n) is 15.2. The molecular weight excluding hydrogens is 368 g/mol. The van der Waals surface area contributed by atoms with Gasteiger partial charge in [0, 0.05) is 31.5 Å². The number of halogens is 2. The maximum Gasteiger partial charge on any atom is 0.256 e. The van der Waals surface area contributed by atoms with Crippen LogP contribution in [-0.2, 0) is 6.42 Å². The summed E-state index contributed by atoms with van der Waals surface area (Å²) in [5, 5.41) is 11.0. The maximum atomic E-state index is 13.9. The number of hydrogen-bond donors (Lipinski definition) is 0. The molecule has 4 rings (SSSR count). The molecule has 7 heteroatoms. The Morgan fingerprint density at radius 3 is 2.56 bits per heavy atom. The Morgan fingerprint density at radius 1 is 1.11 bits per heavy atom. The van der Waals surface area contributed by atoms with Crippen LogP contribution in [0.5, 0.6) is 0 Å². The lowest BCUT2D eigenvalue weighted by molar-refractivity contribution is 0.0708. The highest BCUT2D eigenvalue weighted by Gasteiger charge is 2.28. The maximum absolute atomic E-state index is 13.9. The Morgan fingerprint density at radius 2 is 1.85 bits per heavy atom. The smallest absolute Gasteiger partial charge is 0.256 e. The molecule has 27 heavy (non-hydrogen) atoms. The zero-order valence-corrected chi connectivity index (χ0v) is 16.0. The first-order valence-corrected chi connectivity index (χ1v) is 10.5. The van der Waals surface area contributed by atoms with Crippen LogP contribution in [0.3, 0.4) is 0 Å². The summed E-state index contributed by atoms with van der Waals surface area (Å²) in [6.07, 6.45) is 7.90. The number of benzene rings is 1. The lowest BCUT2D eigenvalue weighted by atomic mass is 9.97. The van der Waals surface area contributed by atoms with Gasteiger partial charge in [-0.3, -0.25) is 4.79 Å². The molecule has 4 nitrogen and oxygen atoms in total. The van der Waals surface area contributed by atoms with Gasteiger partial charge in [0.1, 0.15) is 21.6 Å². The van der Waals surface area contributed by atoms with Gasteiger partial charge in [-0.05, 0) is 30.9 Å². The van der Waals surface area contributed by atoms with Gasteiger partial charge in [-0.15, -0.1) is 21.5 Å². The van der Waals surface area contributed by atoms with Crippen LogP contribution in [-0.4, -0.2) is 34.1 Å². The summed E-state index contributed by atoms with van der Waals surface area (Å²) in [7, 11) is 0. The van der Waals surface area contributed by atoms with Gasteiger partial charge in [-0.2, -0.15) is 0 Å². The van der Waals surface area contributed by atoms with Crippen molar-refractivity contribution in [1.29, 1.82) is 0 Å². The second-order valence-electron chi connectivity index (χ2n) is 7.58. The molecule has 1 aliphatic carbocycles. The van der Waals surface area contributed by atoms with E-state index in [1.54, 1.807) is 16.2 Å². The van der Waals surface area contributed by atoms with E-state index in [1.165, 1.54) is 31.7 Å². The minimum Gasteiger partial charge on any atom is -0.339 e. The van der Waals surface area contributed by atoms with E-state index in [9.17, 15) is 13.6 Å². The quantitative estimate of drug-likeness (QED) is 0.767. The largest absolute Gasteiger partial charge is 0.339 e. The summed E-state index contributed by atoms with van der Waals surface area (Å²) in [5.41, 5.74) is -0.0652. The molecule has 144 valence electrons. The number of piperidine rings is 1. The van der Waals surface area contributed by atoms with Crippen molar-refractivity contribution >= 4 is 17.2 Å². The molecule has 1 saturated heterocycles. The molecule has 2 fully saturated rings. The molecule has 2 aliphatic rings. The minimum atomic E-state index is -0.803. The number of rotatable bonds is 4. The van der Waals surface area contributed by atoms with E-state index in [0.717, 1.165) is 47.3 Å². The van der Waals surface area contributed by atoms with E-state index >= 15 is 0 Å². The Kier molecular flexibility index (Phi) is 5.48. The van der Waals surface area contributed by atoms with Crippen molar-refractivity contribution in [3.05, 3.63) is 45.4 Å². The van der Waals surface area contributed by atoms with Crippen molar-refractivity contribution in [1.82, 2.24) is 15.1 Å². The van der Waals surface area contributed by atoms with E-state index in [-0.39, 0.29) is 11.5 Å². The molecule has 2 heterocycles. The number of likely N-dealkylation sites (tertiary alicyclic amines) is 1. The van der Waals surface area contributed by atoms with E-state index in [2.05, 4.69) is 10.2 Å². The minimum absolute atomic E-state index is 0.0652. The lowest BCUT2D eigenvalue weighted by Crippen LogP contribution is -2.38. The number of hydrogen-bond acceptors (Lipinski definition) is 4. The van der Waals surface area contributed by atoms with E-state index in [1.807, 2.05) is 0 Å². The Labute approximate surface area is 161 Å². The third-order valence-corrected chi connectivity index (χ3v) is 6.82. The molecule has 0 atom stereocenters. The van der Waals surface area contributed by atoms with Gasteiger partial charge >= 0.3 is 0 Å². The molecule has 0 unspecified atom stereocenters. The van der Waals surface area contributed by atoms with Crippen LogP contribution in [0.25, 0.3) is 0 Å². The van der Waals surface area contributed by atoms with Gasteiger partial charge in [0.15, 0.2) is 0 Å². The Hall–Kier alpha value is -1.89. The normalized spacial score (nSPS) is 19.0. The van der Waals surface area contributed by atoms with Crippen molar-refractivity contribution in [3.63, 3.8) is 0 Å².